The summed E-state index contributed by atoms with van der Waals surface area (Å²) in [4.78, 5) is 0.317. The molecule has 0 bridgehead atoms. The van der Waals surface area contributed by atoms with Gasteiger partial charge in [0.1, 0.15) is 0 Å². The summed E-state index contributed by atoms with van der Waals surface area (Å²) in [5.74, 6) is 0. The highest BCUT2D eigenvalue weighted by Crippen LogP contribution is 2.21. The van der Waals surface area contributed by atoms with Crippen LogP contribution in [-0.4, -0.2) is 33.4 Å². The molecule has 0 atom stereocenters. The lowest BCUT2D eigenvalue weighted by Gasteiger charge is -2.23. The summed E-state index contributed by atoms with van der Waals surface area (Å²) in [6.07, 6.45) is 1.09. The van der Waals surface area contributed by atoms with Gasteiger partial charge in [0.25, 0.3) is 0 Å². The fourth-order valence-electron chi connectivity index (χ4n) is 1.42. The van der Waals surface area contributed by atoms with Crippen LogP contribution in [0, 0.1) is 5.41 Å². The van der Waals surface area contributed by atoms with Crippen molar-refractivity contribution in [3.8, 4) is 0 Å². The Hall–Kier alpha value is -1.07. The van der Waals surface area contributed by atoms with Gasteiger partial charge in [-0.1, -0.05) is 20.8 Å². The Morgan fingerprint density at radius 3 is 2.11 bits per heavy atom. The summed E-state index contributed by atoms with van der Waals surface area (Å²) in [6, 6.07) is 6.89. The number of nitrogens with zero attached hydrogens (tertiary/aromatic N) is 1. The van der Waals surface area contributed by atoms with E-state index >= 15 is 0 Å². The van der Waals surface area contributed by atoms with Crippen molar-refractivity contribution in [3.63, 3.8) is 0 Å². The molecule has 0 saturated heterocycles. The molecule has 108 valence electrons. The highest BCUT2D eigenvalue weighted by molar-refractivity contribution is 7.89. The van der Waals surface area contributed by atoms with Crippen LogP contribution in [0.15, 0.2) is 29.2 Å². The van der Waals surface area contributed by atoms with E-state index in [0.717, 1.165) is 18.7 Å². The highest BCUT2D eigenvalue weighted by atomic mass is 32.2. The van der Waals surface area contributed by atoms with Gasteiger partial charge in [-0.3, -0.25) is 0 Å². The van der Waals surface area contributed by atoms with Crippen LogP contribution in [0.2, 0.25) is 0 Å². The van der Waals surface area contributed by atoms with Gasteiger partial charge in [-0.05, 0) is 36.1 Å². The zero-order valence-electron chi connectivity index (χ0n) is 12.4. The van der Waals surface area contributed by atoms with E-state index in [-0.39, 0.29) is 5.41 Å². The molecule has 0 radical (unpaired) electrons. The maximum absolute atomic E-state index is 11.9. The standard InChI is InChI=1S/C14H24N2O2S/c1-6-14(2,3)11-15-12-7-9-13(10-8-12)19(17,18)16(4)5/h7-10,15H,6,11H2,1-5H3. The van der Waals surface area contributed by atoms with Gasteiger partial charge in [0, 0.05) is 26.3 Å². The Balaban J connectivity index is 2.78. The number of benzene rings is 1. The molecule has 0 spiro atoms. The van der Waals surface area contributed by atoms with E-state index in [1.54, 1.807) is 12.1 Å². The van der Waals surface area contributed by atoms with Gasteiger partial charge in [0.15, 0.2) is 0 Å². The van der Waals surface area contributed by atoms with Crippen LogP contribution in [0.25, 0.3) is 0 Å². The summed E-state index contributed by atoms with van der Waals surface area (Å²) in [5, 5.41) is 3.34. The van der Waals surface area contributed by atoms with E-state index in [4.69, 9.17) is 0 Å². The minimum absolute atomic E-state index is 0.231. The molecule has 1 aromatic rings. The van der Waals surface area contributed by atoms with Crippen LogP contribution in [0.3, 0.4) is 0 Å². The SMILES string of the molecule is CCC(C)(C)CNc1ccc(S(=O)(=O)N(C)C)cc1. The molecule has 0 aliphatic carbocycles. The molecule has 0 saturated carbocycles. The predicted molar refractivity (Wildman–Crippen MR) is 79.9 cm³/mol. The molecule has 0 aliphatic rings. The van der Waals surface area contributed by atoms with Crippen LogP contribution >= 0.6 is 0 Å². The Labute approximate surface area is 116 Å². The van der Waals surface area contributed by atoms with Crippen molar-refractivity contribution in [2.24, 2.45) is 5.41 Å². The van der Waals surface area contributed by atoms with Crippen LogP contribution in [0.4, 0.5) is 5.69 Å². The first-order valence-electron chi connectivity index (χ1n) is 6.45. The Morgan fingerprint density at radius 2 is 1.68 bits per heavy atom. The molecule has 0 fully saturated rings. The number of hydrogen-bond acceptors (Lipinski definition) is 3. The normalized spacial score (nSPS) is 12.7. The summed E-state index contributed by atoms with van der Waals surface area (Å²) < 4.78 is 25.0. The van der Waals surface area contributed by atoms with Crippen molar-refractivity contribution >= 4 is 15.7 Å². The highest BCUT2D eigenvalue weighted by Gasteiger charge is 2.17. The lowest BCUT2D eigenvalue weighted by atomic mass is 9.90. The number of nitrogens with one attached hydrogen (secondary N) is 1. The van der Waals surface area contributed by atoms with Crippen LogP contribution in [0.1, 0.15) is 27.2 Å². The molecule has 0 heterocycles. The third kappa shape index (κ3) is 4.21. The molecule has 1 rings (SSSR count). The Bertz CT molecular complexity index is 505. The van der Waals surface area contributed by atoms with Crippen molar-refractivity contribution in [1.82, 2.24) is 4.31 Å². The molecule has 1 aromatic carbocycles. The van der Waals surface area contributed by atoms with Gasteiger partial charge in [0.2, 0.25) is 10.0 Å². The third-order valence-electron chi connectivity index (χ3n) is 3.36. The third-order valence-corrected chi connectivity index (χ3v) is 5.19. The van der Waals surface area contributed by atoms with Crippen LogP contribution in [-0.2, 0) is 10.0 Å². The topological polar surface area (TPSA) is 49.4 Å². The van der Waals surface area contributed by atoms with E-state index in [0.29, 0.717) is 4.90 Å². The first-order chi connectivity index (χ1) is 8.69. The second kappa shape index (κ2) is 5.92. The Morgan fingerprint density at radius 1 is 1.16 bits per heavy atom. The maximum atomic E-state index is 11.9. The summed E-state index contributed by atoms with van der Waals surface area (Å²) >= 11 is 0. The molecular weight excluding hydrogens is 260 g/mol. The van der Waals surface area contributed by atoms with Crippen molar-refractivity contribution in [2.45, 2.75) is 32.1 Å². The number of hydrogen-bond donors (Lipinski definition) is 1. The van der Waals surface area contributed by atoms with Gasteiger partial charge in [-0.15, -0.1) is 0 Å². The van der Waals surface area contributed by atoms with Crippen molar-refractivity contribution in [1.29, 1.82) is 0 Å². The Kier molecular flexibility index (Phi) is 4.98. The number of rotatable bonds is 6. The maximum Gasteiger partial charge on any atom is 0.242 e. The molecule has 4 nitrogen and oxygen atoms in total. The second-order valence-corrected chi connectivity index (χ2v) is 7.83. The molecule has 19 heavy (non-hydrogen) atoms. The van der Waals surface area contributed by atoms with E-state index in [1.165, 1.54) is 18.4 Å². The van der Waals surface area contributed by atoms with Gasteiger partial charge >= 0.3 is 0 Å². The van der Waals surface area contributed by atoms with Crippen molar-refractivity contribution in [3.05, 3.63) is 24.3 Å². The quantitative estimate of drug-likeness (QED) is 0.874. The van der Waals surface area contributed by atoms with E-state index in [2.05, 4.69) is 26.1 Å². The fourth-order valence-corrected chi connectivity index (χ4v) is 2.32. The van der Waals surface area contributed by atoms with Crippen molar-refractivity contribution < 1.29 is 8.42 Å². The van der Waals surface area contributed by atoms with Crippen LogP contribution in [0.5, 0.6) is 0 Å². The predicted octanol–water partition coefficient (Wildman–Crippen LogP) is 2.79. The zero-order chi connectivity index (χ0) is 14.7. The molecule has 5 heteroatoms. The largest absolute Gasteiger partial charge is 0.385 e. The average molecular weight is 284 g/mol. The molecule has 0 aromatic heterocycles. The number of sulfonamides is 1. The van der Waals surface area contributed by atoms with Gasteiger partial charge in [-0.2, -0.15) is 0 Å². The second-order valence-electron chi connectivity index (χ2n) is 5.68. The minimum Gasteiger partial charge on any atom is -0.385 e. The van der Waals surface area contributed by atoms with E-state index < -0.39 is 10.0 Å². The monoisotopic (exact) mass is 284 g/mol. The first-order valence-corrected chi connectivity index (χ1v) is 7.89. The van der Waals surface area contributed by atoms with E-state index in [9.17, 15) is 8.42 Å². The molecule has 0 aliphatic heterocycles. The molecule has 1 N–H and O–H groups in total. The first kappa shape index (κ1) is 16.0. The average Bonchev–Trinajstić information content (AvgIpc) is 2.37. The van der Waals surface area contributed by atoms with E-state index in [1.807, 2.05) is 12.1 Å². The van der Waals surface area contributed by atoms with Crippen LogP contribution < -0.4 is 5.32 Å². The summed E-state index contributed by atoms with van der Waals surface area (Å²) in [7, 11) is -0.270. The molecule has 0 amide bonds. The minimum atomic E-state index is -3.34. The lowest BCUT2D eigenvalue weighted by molar-refractivity contribution is 0.377. The number of anilines is 1. The fraction of sp³-hybridized carbons (Fsp3) is 0.571. The summed E-state index contributed by atoms with van der Waals surface area (Å²) in [5.41, 5.74) is 1.17. The zero-order valence-corrected chi connectivity index (χ0v) is 13.2. The molecular formula is C14H24N2O2S. The van der Waals surface area contributed by atoms with Gasteiger partial charge < -0.3 is 5.32 Å². The van der Waals surface area contributed by atoms with Gasteiger partial charge in [-0.25, -0.2) is 12.7 Å². The van der Waals surface area contributed by atoms with Crippen molar-refractivity contribution in [2.75, 3.05) is 26.0 Å². The lowest BCUT2D eigenvalue weighted by Crippen LogP contribution is -2.23. The summed E-state index contributed by atoms with van der Waals surface area (Å²) in [6.45, 7) is 7.42. The smallest absolute Gasteiger partial charge is 0.242 e. The molecule has 0 unspecified atom stereocenters. The van der Waals surface area contributed by atoms with Gasteiger partial charge in [0.05, 0.1) is 4.90 Å².